The van der Waals surface area contributed by atoms with Gasteiger partial charge in [0.25, 0.3) is 5.91 Å². The highest BCUT2D eigenvalue weighted by Crippen LogP contribution is 2.60. The Labute approximate surface area is 197 Å². The van der Waals surface area contributed by atoms with Crippen molar-refractivity contribution >= 4 is 5.91 Å². The van der Waals surface area contributed by atoms with Gasteiger partial charge in [-0.3, -0.25) is 4.79 Å². The van der Waals surface area contributed by atoms with Crippen LogP contribution in [-0.2, 0) is 4.79 Å². The predicted molar refractivity (Wildman–Crippen MR) is 122 cm³/mol. The number of amides is 1. The van der Waals surface area contributed by atoms with Crippen molar-refractivity contribution in [2.24, 2.45) is 23.2 Å². The van der Waals surface area contributed by atoms with Gasteiger partial charge < -0.3 is 17.0 Å². The van der Waals surface area contributed by atoms with E-state index in [0.717, 1.165) is 35.4 Å². The first-order chi connectivity index (χ1) is 14.0. The van der Waals surface area contributed by atoms with Gasteiger partial charge >= 0.3 is 0 Å². The second kappa shape index (κ2) is 12.2. The summed E-state index contributed by atoms with van der Waals surface area (Å²) >= 11 is 0. The minimum absolute atomic E-state index is 0. The van der Waals surface area contributed by atoms with Gasteiger partial charge in [-0.25, -0.2) is 10.0 Å². The first-order valence-electron chi connectivity index (χ1n) is 13.2. The Balaban J connectivity index is 0.00000320. The molecule has 0 aliphatic heterocycles. The van der Waals surface area contributed by atoms with E-state index >= 15 is 0 Å². The number of rotatable bonds is 14. The molecule has 176 valence electrons. The summed E-state index contributed by atoms with van der Waals surface area (Å²) in [6.45, 7) is 6.60. The van der Waals surface area contributed by atoms with Crippen molar-refractivity contribution < 1.29 is 26.4 Å². The predicted octanol–water partition coefficient (Wildman–Crippen LogP) is 3.63. The summed E-state index contributed by atoms with van der Waals surface area (Å²) in [4.78, 5) is 13.4. The summed E-state index contributed by atoms with van der Waals surface area (Å²) < 4.78 is 0.734. The molecular formula is C26H49BrN2O. The van der Waals surface area contributed by atoms with Gasteiger partial charge in [-0.2, -0.15) is 0 Å². The Hall–Kier alpha value is -0.0900. The van der Waals surface area contributed by atoms with Crippen LogP contribution < -0.4 is 22.4 Å². The van der Waals surface area contributed by atoms with Crippen molar-refractivity contribution in [3.63, 3.8) is 0 Å². The van der Waals surface area contributed by atoms with Crippen LogP contribution >= 0.6 is 0 Å². The normalized spacial score (nSPS) is 31.2. The van der Waals surface area contributed by atoms with Gasteiger partial charge in [0.1, 0.15) is 6.54 Å². The van der Waals surface area contributed by atoms with Gasteiger partial charge in [0.05, 0.1) is 19.0 Å². The molecule has 4 aliphatic carbocycles. The summed E-state index contributed by atoms with van der Waals surface area (Å²) in [5.41, 5.74) is 3.52. The van der Waals surface area contributed by atoms with Crippen LogP contribution in [-0.4, -0.2) is 30.6 Å². The lowest BCUT2D eigenvalue weighted by molar-refractivity contribution is -0.942. The SMILES string of the molecule is CCCCCCCCCCCC[N+](C)(CC)NC(=O)C12CC3CC(CC(C3)C1)C2.[Br-]. The molecular weight excluding hydrogens is 436 g/mol. The third-order valence-electron chi connectivity index (χ3n) is 8.59. The first kappa shape index (κ1) is 26.2. The lowest BCUT2D eigenvalue weighted by atomic mass is 9.49. The fourth-order valence-electron chi connectivity index (χ4n) is 6.99. The third-order valence-corrected chi connectivity index (χ3v) is 8.59. The van der Waals surface area contributed by atoms with E-state index in [9.17, 15) is 4.79 Å². The second-order valence-electron chi connectivity index (χ2n) is 11.3. The van der Waals surface area contributed by atoms with Crippen LogP contribution in [0.4, 0.5) is 0 Å². The van der Waals surface area contributed by atoms with Crippen molar-refractivity contribution in [1.82, 2.24) is 5.43 Å². The number of carbonyl (C=O) groups excluding carboxylic acids is 1. The molecule has 1 unspecified atom stereocenters. The van der Waals surface area contributed by atoms with Gasteiger partial charge in [-0.15, -0.1) is 0 Å². The van der Waals surface area contributed by atoms with E-state index in [0.29, 0.717) is 5.91 Å². The number of quaternary nitrogens is 1. The van der Waals surface area contributed by atoms with Crippen LogP contribution in [0.5, 0.6) is 0 Å². The minimum Gasteiger partial charge on any atom is -1.00 e. The largest absolute Gasteiger partial charge is 1.00 e. The summed E-state index contributed by atoms with van der Waals surface area (Å²) in [7, 11) is 2.24. The van der Waals surface area contributed by atoms with Crippen molar-refractivity contribution in [3.05, 3.63) is 0 Å². The maximum Gasteiger partial charge on any atom is 0.271 e. The third kappa shape index (κ3) is 6.95. The average Bonchev–Trinajstić information content (AvgIpc) is 2.68. The molecule has 4 saturated carbocycles. The summed E-state index contributed by atoms with van der Waals surface area (Å²) in [5.74, 6) is 2.92. The molecule has 4 aliphatic rings. The average molecular weight is 486 g/mol. The molecule has 4 heteroatoms. The van der Waals surface area contributed by atoms with Crippen molar-refractivity contribution in [2.45, 2.75) is 117 Å². The number of hydrogen-bond acceptors (Lipinski definition) is 1. The Bertz CT molecular complexity index is 488. The van der Waals surface area contributed by atoms with E-state index in [1.54, 1.807) is 0 Å². The Morgan fingerprint density at radius 1 is 0.800 bits per heavy atom. The van der Waals surface area contributed by atoms with E-state index in [1.807, 2.05) is 0 Å². The van der Waals surface area contributed by atoms with E-state index in [1.165, 1.54) is 103 Å². The molecule has 4 rings (SSSR count). The summed E-state index contributed by atoms with van der Waals surface area (Å²) in [5, 5.41) is 0. The summed E-state index contributed by atoms with van der Waals surface area (Å²) in [6, 6.07) is 0. The van der Waals surface area contributed by atoms with Crippen LogP contribution in [0.15, 0.2) is 0 Å². The molecule has 0 radical (unpaired) electrons. The maximum absolute atomic E-state index is 13.4. The Kier molecular flexibility index (Phi) is 10.7. The van der Waals surface area contributed by atoms with Crippen LogP contribution in [0.25, 0.3) is 0 Å². The maximum atomic E-state index is 13.4. The first-order valence-corrected chi connectivity index (χ1v) is 13.2. The highest BCUT2D eigenvalue weighted by atomic mass is 79.9. The zero-order chi connectivity index (χ0) is 20.7. The van der Waals surface area contributed by atoms with E-state index in [2.05, 4.69) is 26.3 Å². The Morgan fingerprint density at radius 2 is 1.23 bits per heavy atom. The Morgan fingerprint density at radius 3 is 1.67 bits per heavy atom. The standard InChI is InChI=1S/C26H48N2O.BrH/c1-4-6-7-8-9-10-11-12-13-14-15-28(3,5-2)27-25(29)26-19-22-16-23(20-26)18-24(17-22)21-26;/h22-24H,4-21H2,1-3H3;1H. The van der Waals surface area contributed by atoms with Crippen LogP contribution in [0.2, 0.25) is 0 Å². The highest BCUT2D eigenvalue weighted by Gasteiger charge is 2.55. The van der Waals surface area contributed by atoms with Gasteiger partial charge in [0.2, 0.25) is 0 Å². The zero-order valence-corrected chi connectivity index (χ0v) is 21.8. The molecule has 0 aromatic rings. The second-order valence-corrected chi connectivity index (χ2v) is 11.3. The van der Waals surface area contributed by atoms with E-state index < -0.39 is 0 Å². The number of unbranched alkanes of at least 4 members (excludes halogenated alkanes) is 9. The molecule has 0 spiro atoms. The number of hydrogen-bond donors (Lipinski definition) is 1. The van der Waals surface area contributed by atoms with Crippen molar-refractivity contribution in [3.8, 4) is 0 Å². The fourth-order valence-corrected chi connectivity index (χ4v) is 6.99. The lowest BCUT2D eigenvalue weighted by Gasteiger charge is -2.56. The summed E-state index contributed by atoms with van der Waals surface area (Å²) in [6.07, 6.45) is 21.5. The van der Waals surface area contributed by atoms with E-state index in [-0.39, 0.29) is 22.4 Å². The monoisotopic (exact) mass is 484 g/mol. The molecule has 0 aromatic heterocycles. The smallest absolute Gasteiger partial charge is 0.271 e. The van der Waals surface area contributed by atoms with Crippen LogP contribution in [0, 0.1) is 23.2 Å². The number of halogens is 1. The highest BCUT2D eigenvalue weighted by molar-refractivity contribution is 5.82. The molecule has 4 fully saturated rings. The zero-order valence-electron chi connectivity index (χ0n) is 20.2. The number of carbonyl (C=O) groups is 1. The van der Waals surface area contributed by atoms with Crippen molar-refractivity contribution in [2.75, 3.05) is 20.1 Å². The van der Waals surface area contributed by atoms with E-state index in [4.69, 9.17) is 0 Å². The van der Waals surface area contributed by atoms with Gasteiger partial charge in [0.15, 0.2) is 0 Å². The minimum atomic E-state index is -0.0127. The van der Waals surface area contributed by atoms with Gasteiger partial charge in [0, 0.05) is 0 Å². The molecule has 0 saturated heterocycles. The van der Waals surface area contributed by atoms with Crippen LogP contribution in [0.3, 0.4) is 0 Å². The lowest BCUT2D eigenvalue weighted by Crippen LogP contribution is -3.00. The topological polar surface area (TPSA) is 29.1 Å². The quantitative estimate of drug-likeness (QED) is 0.227. The molecule has 3 nitrogen and oxygen atoms in total. The number of nitrogens with one attached hydrogen (secondary N) is 1. The molecule has 1 atom stereocenters. The van der Waals surface area contributed by atoms with Gasteiger partial charge in [-0.05, 0) is 76.0 Å². The molecule has 1 N–H and O–H groups in total. The van der Waals surface area contributed by atoms with Gasteiger partial charge in [-0.1, -0.05) is 58.3 Å². The van der Waals surface area contributed by atoms with Crippen molar-refractivity contribution in [1.29, 1.82) is 0 Å². The molecule has 4 bridgehead atoms. The molecule has 1 amide bonds. The number of nitrogens with zero attached hydrogens (tertiary/aromatic N) is 1. The molecule has 0 heterocycles. The molecule has 30 heavy (non-hydrogen) atoms. The molecule has 0 aromatic carbocycles. The van der Waals surface area contributed by atoms with Crippen LogP contribution in [0.1, 0.15) is 117 Å². The fraction of sp³-hybridized carbons (Fsp3) is 0.962.